The number of carboxylic acid groups (broad SMARTS) is 1. The summed E-state index contributed by atoms with van der Waals surface area (Å²) in [6, 6.07) is -1.19. The molecule has 0 bridgehead atoms. The minimum atomic E-state index is -0.997. The molecule has 0 spiro atoms. The number of carboxylic acids is 1. The Morgan fingerprint density at radius 2 is 1.80 bits per heavy atom. The molecule has 0 aromatic heterocycles. The number of aliphatic carboxylic acids is 1. The van der Waals surface area contributed by atoms with Gasteiger partial charge in [0, 0.05) is 20.2 Å². The predicted octanol–water partition coefficient (Wildman–Crippen LogP) is 1.80. The molecule has 0 aromatic rings. The first-order valence-corrected chi connectivity index (χ1v) is 7.05. The Bertz CT molecular complexity index is 306. The molecule has 0 aliphatic carbocycles. The lowest BCUT2D eigenvalue weighted by atomic mass is 10.0. The summed E-state index contributed by atoms with van der Waals surface area (Å²) in [6.07, 6.45) is 0.418. The van der Waals surface area contributed by atoms with Gasteiger partial charge in [-0.25, -0.2) is 9.59 Å². The molecular weight excluding hydrogens is 260 g/mol. The van der Waals surface area contributed by atoms with E-state index in [1.807, 2.05) is 27.7 Å². The molecule has 0 aromatic carbocycles. The number of rotatable bonds is 9. The second-order valence-electron chi connectivity index (χ2n) is 5.80. The summed E-state index contributed by atoms with van der Waals surface area (Å²) in [6.45, 7) is 9.34. The first kappa shape index (κ1) is 18.7. The zero-order valence-electron chi connectivity index (χ0n) is 13.2. The first-order chi connectivity index (χ1) is 9.27. The minimum Gasteiger partial charge on any atom is -0.480 e. The Morgan fingerprint density at radius 3 is 2.20 bits per heavy atom. The third kappa shape index (κ3) is 7.99. The first-order valence-electron chi connectivity index (χ1n) is 7.05. The van der Waals surface area contributed by atoms with Gasteiger partial charge in [0.1, 0.15) is 6.04 Å². The van der Waals surface area contributed by atoms with Crippen LogP contribution < -0.4 is 5.32 Å². The Balaban J connectivity index is 4.64. The van der Waals surface area contributed by atoms with E-state index in [1.165, 1.54) is 0 Å². The fraction of sp³-hybridized carbons (Fsp3) is 0.857. The molecule has 0 fully saturated rings. The van der Waals surface area contributed by atoms with E-state index in [-0.39, 0.29) is 11.9 Å². The number of hydrogen-bond acceptors (Lipinski definition) is 3. The molecule has 118 valence electrons. The van der Waals surface area contributed by atoms with Crippen molar-refractivity contribution in [3.63, 3.8) is 0 Å². The van der Waals surface area contributed by atoms with Gasteiger partial charge in [-0.15, -0.1) is 0 Å². The van der Waals surface area contributed by atoms with Crippen LogP contribution in [0.4, 0.5) is 4.79 Å². The highest BCUT2D eigenvalue weighted by atomic mass is 16.5. The third-order valence-electron chi connectivity index (χ3n) is 2.74. The lowest BCUT2D eigenvalue weighted by molar-refractivity contribution is -0.139. The number of ether oxygens (including phenoxy) is 1. The quantitative estimate of drug-likeness (QED) is 0.678. The Morgan fingerprint density at radius 1 is 1.20 bits per heavy atom. The van der Waals surface area contributed by atoms with Gasteiger partial charge in [0.15, 0.2) is 0 Å². The summed E-state index contributed by atoms with van der Waals surface area (Å²) in [5.41, 5.74) is 0. The van der Waals surface area contributed by atoms with Crippen LogP contribution in [0.1, 0.15) is 34.1 Å². The van der Waals surface area contributed by atoms with Crippen molar-refractivity contribution >= 4 is 12.0 Å². The zero-order chi connectivity index (χ0) is 15.7. The molecule has 0 radical (unpaired) electrons. The van der Waals surface area contributed by atoms with Crippen LogP contribution in [0, 0.1) is 11.8 Å². The highest BCUT2D eigenvalue weighted by Crippen LogP contribution is 2.07. The van der Waals surface area contributed by atoms with Gasteiger partial charge in [0.05, 0.1) is 6.61 Å². The molecule has 0 unspecified atom stereocenters. The third-order valence-corrected chi connectivity index (χ3v) is 2.74. The largest absolute Gasteiger partial charge is 0.480 e. The lowest BCUT2D eigenvalue weighted by Crippen LogP contribution is -2.50. The van der Waals surface area contributed by atoms with Gasteiger partial charge in [0.2, 0.25) is 0 Å². The predicted molar refractivity (Wildman–Crippen MR) is 77.7 cm³/mol. The zero-order valence-corrected chi connectivity index (χ0v) is 13.2. The van der Waals surface area contributed by atoms with E-state index in [0.717, 1.165) is 0 Å². The van der Waals surface area contributed by atoms with Crippen molar-refractivity contribution in [2.75, 3.05) is 26.8 Å². The molecule has 1 atom stereocenters. The number of amides is 2. The number of urea groups is 1. The molecule has 0 aliphatic heterocycles. The maximum atomic E-state index is 12.2. The molecule has 0 rings (SSSR count). The normalized spacial score (nSPS) is 12.6. The molecule has 20 heavy (non-hydrogen) atoms. The number of nitrogens with one attached hydrogen (secondary N) is 1. The highest BCUT2D eigenvalue weighted by molar-refractivity contribution is 5.82. The maximum Gasteiger partial charge on any atom is 0.326 e. The van der Waals surface area contributed by atoms with Crippen LogP contribution in [-0.4, -0.2) is 54.9 Å². The summed E-state index contributed by atoms with van der Waals surface area (Å²) in [7, 11) is 1.57. The summed E-state index contributed by atoms with van der Waals surface area (Å²) >= 11 is 0. The van der Waals surface area contributed by atoms with Crippen molar-refractivity contribution in [2.45, 2.75) is 40.2 Å². The summed E-state index contributed by atoms with van der Waals surface area (Å²) in [4.78, 5) is 24.9. The van der Waals surface area contributed by atoms with E-state index in [1.54, 1.807) is 12.0 Å². The van der Waals surface area contributed by atoms with Gasteiger partial charge >= 0.3 is 12.0 Å². The number of carbonyl (C=O) groups is 2. The fourth-order valence-electron chi connectivity index (χ4n) is 1.85. The second kappa shape index (κ2) is 9.58. The smallest absolute Gasteiger partial charge is 0.326 e. The number of hydrogen-bond donors (Lipinski definition) is 2. The van der Waals surface area contributed by atoms with E-state index in [9.17, 15) is 9.59 Å². The van der Waals surface area contributed by atoms with Gasteiger partial charge in [-0.2, -0.15) is 0 Å². The Kier molecular flexibility index (Phi) is 8.96. The maximum absolute atomic E-state index is 12.2. The van der Waals surface area contributed by atoms with E-state index in [0.29, 0.717) is 32.0 Å². The van der Waals surface area contributed by atoms with Crippen LogP contribution in [0.2, 0.25) is 0 Å². The van der Waals surface area contributed by atoms with Gasteiger partial charge < -0.3 is 20.1 Å². The van der Waals surface area contributed by atoms with Crippen molar-refractivity contribution < 1.29 is 19.4 Å². The van der Waals surface area contributed by atoms with Crippen molar-refractivity contribution in [1.29, 1.82) is 0 Å². The lowest BCUT2D eigenvalue weighted by Gasteiger charge is -2.27. The minimum absolute atomic E-state index is 0.203. The Labute approximate surface area is 121 Å². The van der Waals surface area contributed by atoms with Crippen LogP contribution in [-0.2, 0) is 9.53 Å². The van der Waals surface area contributed by atoms with Gasteiger partial charge in [-0.05, 0) is 18.3 Å². The molecule has 0 heterocycles. The molecule has 6 nitrogen and oxygen atoms in total. The number of carbonyl (C=O) groups excluding carboxylic acids is 1. The van der Waals surface area contributed by atoms with Crippen LogP contribution in [0.5, 0.6) is 0 Å². The van der Waals surface area contributed by atoms with E-state index in [2.05, 4.69) is 5.32 Å². The van der Waals surface area contributed by atoms with Crippen LogP contribution in [0.25, 0.3) is 0 Å². The van der Waals surface area contributed by atoms with Gasteiger partial charge in [-0.3, -0.25) is 0 Å². The molecule has 6 heteroatoms. The topological polar surface area (TPSA) is 78.9 Å². The molecule has 0 saturated carbocycles. The second-order valence-corrected chi connectivity index (χ2v) is 5.80. The van der Waals surface area contributed by atoms with Crippen molar-refractivity contribution in [3.05, 3.63) is 0 Å². The monoisotopic (exact) mass is 288 g/mol. The summed E-state index contributed by atoms with van der Waals surface area (Å²) in [5.74, 6) is -0.483. The van der Waals surface area contributed by atoms with Crippen LogP contribution in [0.15, 0.2) is 0 Å². The van der Waals surface area contributed by atoms with Gasteiger partial charge in [-0.1, -0.05) is 27.7 Å². The Hall–Kier alpha value is -1.30. The van der Waals surface area contributed by atoms with Crippen LogP contribution >= 0.6 is 0 Å². The average molecular weight is 288 g/mol. The van der Waals surface area contributed by atoms with E-state index >= 15 is 0 Å². The van der Waals surface area contributed by atoms with Crippen molar-refractivity contribution in [1.82, 2.24) is 10.2 Å². The molecule has 2 N–H and O–H groups in total. The molecule has 0 saturated heterocycles. The summed E-state index contributed by atoms with van der Waals surface area (Å²) < 4.78 is 4.98. The average Bonchev–Trinajstić information content (AvgIpc) is 2.32. The van der Waals surface area contributed by atoms with Crippen molar-refractivity contribution in [2.24, 2.45) is 11.8 Å². The van der Waals surface area contributed by atoms with E-state index < -0.39 is 12.0 Å². The van der Waals surface area contributed by atoms with Gasteiger partial charge in [0.25, 0.3) is 0 Å². The van der Waals surface area contributed by atoms with E-state index in [4.69, 9.17) is 9.84 Å². The number of methoxy groups -OCH3 is 1. The van der Waals surface area contributed by atoms with Crippen molar-refractivity contribution in [3.8, 4) is 0 Å². The number of nitrogens with zero attached hydrogens (tertiary/aromatic N) is 1. The summed E-state index contributed by atoms with van der Waals surface area (Å²) in [5, 5.41) is 11.7. The molecular formula is C14H28N2O4. The highest BCUT2D eigenvalue weighted by Gasteiger charge is 2.24. The standard InChI is InChI=1S/C14H28N2O4/c1-10(2)8-12(13(17)18)15-14(19)16(6-7-20-5)9-11(3)4/h10-12H,6-9H2,1-5H3,(H,15,19)(H,17,18)/t12-/m1/s1. The molecule has 0 aliphatic rings. The SMILES string of the molecule is COCCN(CC(C)C)C(=O)N[C@H](CC(C)C)C(=O)O. The fourth-order valence-corrected chi connectivity index (χ4v) is 1.85. The van der Waals surface area contributed by atoms with Crippen LogP contribution in [0.3, 0.4) is 0 Å². The molecule has 2 amide bonds.